The van der Waals surface area contributed by atoms with Crippen LogP contribution in [0.2, 0.25) is 0 Å². The number of pyridine rings is 1. The minimum absolute atomic E-state index is 0.0127. The molecule has 3 aromatic rings. The van der Waals surface area contributed by atoms with Gasteiger partial charge in [0.1, 0.15) is 5.69 Å². The summed E-state index contributed by atoms with van der Waals surface area (Å²) in [6, 6.07) is 8.42. The van der Waals surface area contributed by atoms with Crippen LogP contribution in [0, 0.1) is 10.1 Å². The van der Waals surface area contributed by atoms with Crippen molar-refractivity contribution in [3.05, 3.63) is 52.8 Å². The molecule has 0 aliphatic heterocycles. The van der Waals surface area contributed by atoms with Crippen LogP contribution in [0.3, 0.4) is 0 Å². The largest absolute Gasteiger partial charge is 0.379 e. The Kier molecular flexibility index (Phi) is 4.98. The number of nitrogens with zero attached hydrogens (tertiary/aromatic N) is 4. The highest BCUT2D eigenvalue weighted by Crippen LogP contribution is 2.30. The fourth-order valence-electron chi connectivity index (χ4n) is 2.32. The van der Waals surface area contributed by atoms with Gasteiger partial charge >= 0.3 is 0 Å². The van der Waals surface area contributed by atoms with Crippen LogP contribution < -0.4 is 5.32 Å². The van der Waals surface area contributed by atoms with E-state index in [9.17, 15) is 10.1 Å². The lowest BCUT2D eigenvalue weighted by Gasteiger charge is -2.07. The molecule has 1 aromatic carbocycles. The van der Waals surface area contributed by atoms with Crippen molar-refractivity contribution in [2.45, 2.75) is 19.8 Å². The zero-order valence-corrected chi connectivity index (χ0v) is 13.7. The van der Waals surface area contributed by atoms with E-state index in [2.05, 4.69) is 27.4 Å². The maximum atomic E-state index is 11.4. The van der Waals surface area contributed by atoms with Crippen molar-refractivity contribution in [3.63, 3.8) is 0 Å². The van der Waals surface area contributed by atoms with Gasteiger partial charge in [-0.25, -0.2) is 0 Å². The van der Waals surface area contributed by atoms with Gasteiger partial charge < -0.3 is 9.84 Å². The van der Waals surface area contributed by atoms with E-state index < -0.39 is 4.92 Å². The number of hydrogen-bond donors (Lipinski definition) is 1. The van der Waals surface area contributed by atoms with Crippen LogP contribution in [0.15, 0.2) is 47.2 Å². The lowest BCUT2D eigenvalue weighted by atomic mass is 10.1. The summed E-state index contributed by atoms with van der Waals surface area (Å²) in [4.78, 5) is 19.2. The van der Waals surface area contributed by atoms with Gasteiger partial charge in [0.15, 0.2) is 0 Å². The molecule has 2 aromatic heterocycles. The minimum Gasteiger partial charge on any atom is -0.379 e. The van der Waals surface area contributed by atoms with Gasteiger partial charge in [-0.3, -0.25) is 15.1 Å². The molecule has 0 saturated carbocycles. The van der Waals surface area contributed by atoms with Gasteiger partial charge in [-0.1, -0.05) is 18.5 Å². The molecule has 2 heterocycles. The zero-order valence-electron chi connectivity index (χ0n) is 13.7. The van der Waals surface area contributed by atoms with E-state index in [1.807, 2.05) is 0 Å². The molecule has 0 aliphatic rings. The Morgan fingerprint density at radius 2 is 2.16 bits per heavy atom. The summed E-state index contributed by atoms with van der Waals surface area (Å²) in [7, 11) is 0. The van der Waals surface area contributed by atoms with Crippen LogP contribution in [-0.4, -0.2) is 26.6 Å². The van der Waals surface area contributed by atoms with E-state index in [0.29, 0.717) is 35.1 Å². The smallest absolute Gasteiger partial charge is 0.293 e. The second-order valence-corrected chi connectivity index (χ2v) is 5.43. The second kappa shape index (κ2) is 7.52. The van der Waals surface area contributed by atoms with Crippen LogP contribution in [0.4, 0.5) is 11.4 Å². The summed E-state index contributed by atoms with van der Waals surface area (Å²) in [5.74, 6) is 0.609. The number of rotatable bonds is 7. The first-order valence-electron chi connectivity index (χ1n) is 7.96. The van der Waals surface area contributed by atoms with Gasteiger partial charge in [0, 0.05) is 30.6 Å². The quantitative estimate of drug-likeness (QED) is 0.395. The minimum atomic E-state index is -0.417. The summed E-state index contributed by atoms with van der Waals surface area (Å²) >= 11 is 0. The molecule has 25 heavy (non-hydrogen) atoms. The van der Waals surface area contributed by atoms with E-state index in [1.54, 1.807) is 36.7 Å². The van der Waals surface area contributed by atoms with Crippen molar-refractivity contribution in [3.8, 4) is 22.8 Å². The third-order valence-corrected chi connectivity index (χ3v) is 3.63. The zero-order chi connectivity index (χ0) is 17.6. The van der Waals surface area contributed by atoms with Gasteiger partial charge in [-0.2, -0.15) is 4.98 Å². The summed E-state index contributed by atoms with van der Waals surface area (Å²) < 4.78 is 5.23. The highest BCUT2D eigenvalue weighted by atomic mass is 16.6. The molecule has 0 spiro atoms. The molecule has 0 fully saturated rings. The first-order valence-corrected chi connectivity index (χ1v) is 7.96. The maximum absolute atomic E-state index is 11.4. The van der Waals surface area contributed by atoms with Crippen LogP contribution in [0.25, 0.3) is 22.8 Å². The number of nitrogens with one attached hydrogen (secondary N) is 1. The van der Waals surface area contributed by atoms with Crippen molar-refractivity contribution in [2.75, 3.05) is 11.9 Å². The molecular formula is C17H17N5O3. The summed E-state index contributed by atoms with van der Waals surface area (Å²) in [5, 5.41) is 18.4. The molecule has 0 atom stereocenters. The molecule has 0 unspecified atom stereocenters. The van der Waals surface area contributed by atoms with Crippen molar-refractivity contribution in [1.82, 2.24) is 15.1 Å². The Balaban J connectivity index is 1.89. The van der Waals surface area contributed by atoms with Gasteiger partial charge in [-0.15, -0.1) is 0 Å². The lowest BCUT2D eigenvalue weighted by Crippen LogP contribution is -2.04. The molecule has 0 amide bonds. The van der Waals surface area contributed by atoms with E-state index in [4.69, 9.17) is 4.52 Å². The number of nitro benzene ring substituents is 1. The number of hydrogen-bond acceptors (Lipinski definition) is 7. The number of unbranched alkanes of at least 4 members (excludes halogenated alkanes) is 1. The first-order chi connectivity index (χ1) is 12.2. The highest BCUT2D eigenvalue weighted by Gasteiger charge is 2.18. The topological polar surface area (TPSA) is 107 Å². The summed E-state index contributed by atoms with van der Waals surface area (Å²) in [6.07, 6.45) is 5.21. The molecule has 0 radical (unpaired) electrons. The number of benzene rings is 1. The van der Waals surface area contributed by atoms with Crippen LogP contribution in [0.1, 0.15) is 19.8 Å². The predicted octanol–water partition coefficient (Wildman–Crippen LogP) is 3.92. The Morgan fingerprint density at radius 3 is 2.88 bits per heavy atom. The third-order valence-electron chi connectivity index (χ3n) is 3.63. The van der Waals surface area contributed by atoms with Crippen LogP contribution in [-0.2, 0) is 0 Å². The van der Waals surface area contributed by atoms with Crippen LogP contribution in [0.5, 0.6) is 0 Å². The van der Waals surface area contributed by atoms with Crippen molar-refractivity contribution >= 4 is 11.4 Å². The Hall–Kier alpha value is -3.29. The molecule has 0 aliphatic carbocycles. The van der Waals surface area contributed by atoms with Crippen molar-refractivity contribution in [2.24, 2.45) is 0 Å². The Bertz CT molecular complexity index is 864. The molecular weight excluding hydrogens is 322 g/mol. The fraction of sp³-hybridized carbons (Fsp3) is 0.235. The molecule has 8 nitrogen and oxygen atoms in total. The van der Waals surface area contributed by atoms with Gasteiger partial charge in [-0.05, 0) is 30.7 Å². The average Bonchev–Trinajstić information content (AvgIpc) is 3.13. The molecule has 8 heteroatoms. The fourth-order valence-corrected chi connectivity index (χ4v) is 2.32. The van der Waals surface area contributed by atoms with Gasteiger partial charge in [0.2, 0.25) is 5.82 Å². The van der Waals surface area contributed by atoms with E-state index in [0.717, 1.165) is 12.8 Å². The molecule has 0 bridgehead atoms. The second-order valence-electron chi connectivity index (χ2n) is 5.43. The Labute approximate surface area is 144 Å². The predicted molar refractivity (Wildman–Crippen MR) is 93.0 cm³/mol. The maximum Gasteiger partial charge on any atom is 0.293 e. The third kappa shape index (κ3) is 3.79. The van der Waals surface area contributed by atoms with Gasteiger partial charge in [0.05, 0.1) is 10.5 Å². The molecule has 3 rings (SSSR count). The van der Waals surface area contributed by atoms with Gasteiger partial charge in [0.25, 0.3) is 11.6 Å². The number of aromatic nitrogens is 3. The van der Waals surface area contributed by atoms with Crippen molar-refractivity contribution in [1.29, 1.82) is 0 Å². The Morgan fingerprint density at radius 1 is 1.28 bits per heavy atom. The monoisotopic (exact) mass is 339 g/mol. The first kappa shape index (κ1) is 16.6. The highest BCUT2D eigenvalue weighted by molar-refractivity contribution is 5.70. The molecule has 0 saturated heterocycles. The standard InChI is InChI=1S/C17H17N5O3/c1-2-3-9-19-14-7-6-12(10-15(14)22(23)24)16-20-17(25-21-16)13-5-4-8-18-11-13/h4-8,10-11,19H,2-3,9H2,1H3. The van der Waals surface area contributed by atoms with E-state index in [-0.39, 0.29) is 5.69 Å². The molecule has 128 valence electrons. The summed E-state index contributed by atoms with van der Waals surface area (Å²) in [5.41, 5.74) is 1.68. The number of anilines is 1. The van der Waals surface area contributed by atoms with E-state index >= 15 is 0 Å². The average molecular weight is 339 g/mol. The van der Waals surface area contributed by atoms with Crippen molar-refractivity contribution < 1.29 is 9.45 Å². The summed E-state index contributed by atoms with van der Waals surface area (Å²) in [6.45, 7) is 2.75. The van der Waals surface area contributed by atoms with Crippen LogP contribution >= 0.6 is 0 Å². The normalized spacial score (nSPS) is 10.6. The lowest BCUT2D eigenvalue weighted by molar-refractivity contribution is -0.383. The number of nitro groups is 1. The SMILES string of the molecule is CCCCNc1ccc(-c2noc(-c3cccnc3)n2)cc1[N+](=O)[O-]. The van der Waals surface area contributed by atoms with E-state index in [1.165, 1.54) is 6.07 Å². The molecule has 1 N–H and O–H groups in total.